The Labute approximate surface area is 154 Å². The summed E-state index contributed by atoms with van der Waals surface area (Å²) in [6, 6.07) is 8.15. The Morgan fingerprint density at radius 2 is 2.17 bits per heavy atom. The van der Waals surface area contributed by atoms with E-state index in [1.165, 1.54) is 0 Å². The maximum atomic E-state index is 5.85. The van der Waals surface area contributed by atoms with Gasteiger partial charge in [0.2, 0.25) is 0 Å². The van der Waals surface area contributed by atoms with Crippen LogP contribution in [0.5, 0.6) is 0 Å². The first-order valence-corrected chi connectivity index (χ1v) is 7.75. The highest BCUT2D eigenvalue weighted by atomic mass is 127. The summed E-state index contributed by atoms with van der Waals surface area (Å²) in [6.07, 6.45) is 0.890. The van der Waals surface area contributed by atoms with Crippen molar-refractivity contribution in [3.63, 3.8) is 0 Å². The zero-order valence-corrected chi connectivity index (χ0v) is 16.1. The Balaban J connectivity index is 0.00000264. The van der Waals surface area contributed by atoms with Crippen LogP contribution in [0.2, 0.25) is 0 Å². The molecule has 0 saturated carbocycles. The van der Waals surface area contributed by atoms with Crippen LogP contribution in [-0.4, -0.2) is 41.8 Å². The molecule has 0 amide bonds. The maximum Gasteiger partial charge on any atom is 0.188 e. The fourth-order valence-corrected chi connectivity index (χ4v) is 2.34. The van der Waals surface area contributed by atoms with Crippen molar-refractivity contribution >= 4 is 41.0 Å². The van der Waals surface area contributed by atoms with Crippen LogP contribution in [0.4, 0.5) is 0 Å². The number of halogens is 1. The number of aromatic nitrogens is 2. The van der Waals surface area contributed by atoms with Gasteiger partial charge in [-0.1, -0.05) is 12.1 Å². The quantitative estimate of drug-likeness (QED) is 0.291. The van der Waals surface area contributed by atoms with Gasteiger partial charge in [0, 0.05) is 32.8 Å². The van der Waals surface area contributed by atoms with E-state index >= 15 is 0 Å². The topological polar surface area (TPSA) is 77.5 Å². The van der Waals surface area contributed by atoms with Crippen molar-refractivity contribution < 1.29 is 4.74 Å². The smallest absolute Gasteiger partial charge is 0.188 e. The summed E-state index contributed by atoms with van der Waals surface area (Å²) in [7, 11) is 0. The van der Waals surface area contributed by atoms with Gasteiger partial charge in [0.05, 0.1) is 11.0 Å². The van der Waals surface area contributed by atoms with Gasteiger partial charge in [-0.25, -0.2) is 4.98 Å². The molecule has 1 aromatic heterocycles. The molecule has 0 radical (unpaired) electrons. The van der Waals surface area contributed by atoms with Gasteiger partial charge < -0.3 is 20.4 Å². The van der Waals surface area contributed by atoms with Crippen molar-refractivity contribution in [3.05, 3.63) is 30.1 Å². The van der Waals surface area contributed by atoms with E-state index in [2.05, 4.69) is 25.9 Å². The molecule has 7 heteroatoms. The highest BCUT2D eigenvalue weighted by Gasteiger charge is 2.05. The van der Waals surface area contributed by atoms with Crippen molar-refractivity contribution in [2.45, 2.75) is 26.8 Å². The Hall–Kier alpha value is -1.35. The van der Waals surface area contributed by atoms with Crippen molar-refractivity contribution in [1.82, 2.24) is 14.9 Å². The lowest BCUT2D eigenvalue weighted by atomic mass is 10.3. The molecule has 23 heavy (non-hydrogen) atoms. The molecule has 6 nitrogen and oxygen atoms in total. The first-order valence-electron chi connectivity index (χ1n) is 7.75. The number of nitrogens with two attached hydrogens (primary N) is 1. The number of imidazole rings is 1. The molecule has 0 saturated heterocycles. The van der Waals surface area contributed by atoms with Gasteiger partial charge >= 0.3 is 0 Å². The lowest BCUT2D eigenvalue weighted by Crippen LogP contribution is -2.34. The predicted octanol–water partition coefficient (Wildman–Crippen LogP) is 2.29. The minimum Gasteiger partial charge on any atom is -0.382 e. The number of nitrogens with zero attached hydrogens (tertiary/aromatic N) is 3. The molecule has 2 rings (SSSR count). The van der Waals surface area contributed by atoms with Crippen LogP contribution >= 0.6 is 24.0 Å². The van der Waals surface area contributed by atoms with E-state index in [1.54, 1.807) is 0 Å². The number of fused-ring (bicyclic) bond motifs is 1. The van der Waals surface area contributed by atoms with E-state index in [9.17, 15) is 0 Å². The molecule has 0 fully saturated rings. The summed E-state index contributed by atoms with van der Waals surface area (Å²) in [6.45, 7) is 7.70. The summed E-state index contributed by atoms with van der Waals surface area (Å²) in [5.41, 5.74) is 8.02. The number of hydrogen-bond acceptors (Lipinski definition) is 3. The zero-order valence-electron chi connectivity index (χ0n) is 13.8. The van der Waals surface area contributed by atoms with Gasteiger partial charge in [-0.15, -0.1) is 24.0 Å². The van der Waals surface area contributed by atoms with Gasteiger partial charge in [0.25, 0.3) is 0 Å². The molecule has 0 atom stereocenters. The minimum atomic E-state index is 0. The molecular weight excluding hydrogens is 405 g/mol. The first kappa shape index (κ1) is 19.7. The average Bonchev–Trinajstić information content (AvgIpc) is 2.83. The van der Waals surface area contributed by atoms with Crippen LogP contribution in [0.25, 0.3) is 11.0 Å². The Morgan fingerprint density at radius 1 is 1.39 bits per heavy atom. The highest BCUT2D eigenvalue weighted by Crippen LogP contribution is 2.14. The van der Waals surface area contributed by atoms with Crippen molar-refractivity contribution in [2.24, 2.45) is 10.7 Å². The van der Waals surface area contributed by atoms with Crippen LogP contribution in [-0.2, 0) is 11.3 Å². The highest BCUT2D eigenvalue weighted by molar-refractivity contribution is 14.0. The maximum absolute atomic E-state index is 5.85. The molecule has 0 spiro atoms. The van der Waals surface area contributed by atoms with Crippen LogP contribution in [0.3, 0.4) is 0 Å². The standard InChI is InChI=1S/C16H25N5O.HI/c1-3-22-12-6-9-18-16(17)19-10-11-21-13(2)20-14-7-4-5-8-15(14)21;/h4-5,7-8H,3,6,9-12H2,1-2H3,(H3,17,18,19);1H. The summed E-state index contributed by atoms with van der Waals surface area (Å²) in [5.74, 6) is 1.49. The van der Waals surface area contributed by atoms with Crippen molar-refractivity contribution in [2.75, 3.05) is 26.3 Å². The monoisotopic (exact) mass is 431 g/mol. The summed E-state index contributed by atoms with van der Waals surface area (Å²) < 4.78 is 7.44. The van der Waals surface area contributed by atoms with Gasteiger partial charge in [0.1, 0.15) is 5.82 Å². The molecule has 0 unspecified atom stereocenters. The molecule has 0 bridgehead atoms. The largest absolute Gasteiger partial charge is 0.382 e. The number of guanidine groups is 1. The summed E-state index contributed by atoms with van der Waals surface area (Å²) in [4.78, 5) is 8.83. The molecule has 128 valence electrons. The fourth-order valence-electron chi connectivity index (χ4n) is 2.34. The van der Waals surface area contributed by atoms with Crippen molar-refractivity contribution in [3.8, 4) is 0 Å². The molecule has 3 N–H and O–H groups in total. The molecule has 2 aromatic rings. The van der Waals surface area contributed by atoms with Gasteiger partial charge in [-0.2, -0.15) is 0 Å². The van der Waals surface area contributed by atoms with E-state index < -0.39 is 0 Å². The number of aryl methyl sites for hydroxylation is 1. The number of benzene rings is 1. The molecule has 0 aliphatic heterocycles. The normalized spacial score (nSPS) is 11.5. The average molecular weight is 431 g/mol. The molecule has 0 aliphatic carbocycles. The van der Waals surface area contributed by atoms with Gasteiger partial charge in [-0.3, -0.25) is 4.99 Å². The van der Waals surface area contributed by atoms with Gasteiger partial charge in [-0.05, 0) is 32.4 Å². The van der Waals surface area contributed by atoms with Crippen LogP contribution in [0.1, 0.15) is 19.2 Å². The van der Waals surface area contributed by atoms with Crippen LogP contribution in [0.15, 0.2) is 29.3 Å². The molecule has 1 heterocycles. The third-order valence-electron chi connectivity index (χ3n) is 3.42. The molecule has 0 aliphatic rings. The number of nitrogens with one attached hydrogen (secondary N) is 1. The number of aliphatic imine (C=N–C) groups is 1. The number of ether oxygens (including phenoxy) is 1. The second-order valence-corrected chi connectivity index (χ2v) is 5.04. The predicted molar refractivity (Wildman–Crippen MR) is 105 cm³/mol. The van der Waals surface area contributed by atoms with E-state index in [-0.39, 0.29) is 24.0 Å². The summed E-state index contributed by atoms with van der Waals surface area (Å²) >= 11 is 0. The first-order chi connectivity index (χ1) is 10.7. The lowest BCUT2D eigenvalue weighted by molar-refractivity contribution is 0.146. The van der Waals surface area contributed by atoms with E-state index in [1.807, 2.05) is 32.0 Å². The number of rotatable bonds is 8. The number of hydrogen-bond donors (Lipinski definition) is 2. The Bertz CT molecular complexity index is 626. The SMILES string of the molecule is CCOCCCN=C(N)NCCn1c(C)nc2ccccc21.I. The van der Waals surface area contributed by atoms with Crippen LogP contribution < -0.4 is 11.1 Å². The van der Waals surface area contributed by atoms with E-state index in [0.29, 0.717) is 12.5 Å². The van der Waals surface area contributed by atoms with E-state index in [4.69, 9.17) is 10.5 Å². The Kier molecular flexibility index (Phi) is 8.93. The second-order valence-electron chi connectivity index (χ2n) is 5.04. The van der Waals surface area contributed by atoms with Gasteiger partial charge in [0.15, 0.2) is 5.96 Å². The third-order valence-corrected chi connectivity index (χ3v) is 3.42. The molecule has 1 aromatic carbocycles. The fraction of sp³-hybridized carbons (Fsp3) is 0.500. The van der Waals surface area contributed by atoms with E-state index in [0.717, 1.165) is 49.6 Å². The number of para-hydroxylation sites is 2. The molecular formula is C16H26IN5O. The Morgan fingerprint density at radius 3 is 2.96 bits per heavy atom. The lowest BCUT2D eigenvalue weighted by Gasteiger charge is -2.09. The zero-order chi connectivity index (χ0) is 15.8. The summed E-state index contributed by atoms with van der Waals surface area (Å²) in [5, 5.41) is 3.14. The van der Waals surface area contributed by atoms with Crippen LogP contribution in [0, 0.1) is 6.92 Å². The third kappa shape index (κ3) is 5.98. The minimum absolute atomic E-state index is 0. The van der Waals surface area contributed by atoms with Crippen molar-refractivity contribution in [1.29, 1.82) is 0 Å². The second kappa shape index (κ2) is 10.4.